The molecule has 0 atom stereocenters. The van der Waals surface area contributed by atoms with Crippen molar-refractivity contribution in [2.75, 3.05) is 0 Å². The molecule has 14 heavy (non-hydrogen) atoms. The topological polar surface area (TPSA) is 17.8 Å². The Bertz CT molecular complexity index is 442. The molecular weight excluding hydrogens is 443 g/mol. The van der Waals surface area contributed by atoms with Gasteiger partial charge in [0.2, 0.25) is 0 Å². The number of fused-ring (bicyclic) bond motifs is 1. The van der Waals surface area contributed by atoms with Gasteiger partial charge in [-0.15, -0.1) is 24.0 Å². The molecule has 2 aromatic rings. The smallest absolute Gasteiger partial charge is 0.320 e. The van der Waals surface area contributed by atoms with Gasteiger partial charge in [0.1, 0.15) is 0 Å². The number of aryl methyl sites for hydroxylation is 2. The number of nitrogens with zero attached hydrogens (tertiary/aromatic N) is 2. The van der Waals surface area contributed by atoms with Crippen molar-refractivity contribution in [1.29, 1.82) is 0 Å². The van der Waals surface area contributed by atoms with Crippen LogP contribution < -0.4 is 58.2 Å². The Hall–Kier alpha value is 1.45. The standard InChI is InChI=1S/C9H7ClN2.Rb.Re/c1-6-3-4-8-7(5-6)9(10)12(2)11-8;;/h3H,1-2H3;;/q-2;+1;. The molecule has 2 rings (SSSR count). The molecule has 0 saturated carbocycles. The molecule has 0 bridgehead atoms. The summed E-state index contributed by atoms with van der Waals surface area (Å²) in [4.78, 5) is 0. The Kier molecular flexibility index (Phi) is 6.89. The van der Waals surface area contributed by atoms with Gasteiger partial charge in [-0.1, -0.05) is 0 Å². The van der Waals surface area contributed by atoms with E-state index >= 15 is 0 Å². The van der Waals surface area contributed by atoms with Gasteiger partial charge in [0.25, 0.3) is 0 Å². The normalized spacial score (nSPS) is 9.36. The van der Waals surface area contributed by atoms with Crippen molar-refractivity contribution < 1.29 is 78.6 Å². The Balaban J connectivity index is 0.000000845. The summed E-state index contributed by atoms with van der Waals surface area (Å²) >= 11 is 5.96. The van der Waals surface area contributed by atoms with Crippen molar-refractivity contribution in [1.82, 2.24) is 9.78 Å². The Morgan fingerprint density at radius 3 is 2.79 bits per heavy atom. The largest absolute Gasteiger partial charge is 1.00 e. The van der Waals surface area contributed by atoms with Crippen LogP contribution in [0, 0.1) is 19.1 Å². The number of benzene rings is 1. The minimum absolute atomic E-state index is 0. The molecule has 0 aliphatic carbocycles. The van der Waals surface area contributed by atoms with Gasteiger partial charge in [0.05, 0.1) is 0 Å². The number of aromatic nitrogens is 2. The van der Waals surface area contributed by atoms with Gasteiger partial charge in [-0.3, -0.25) is 23.3 Å². The summed E-state index contributed by atoms with van der Waals surface area (Å²) in [5, 5.41) is 5.61. The van der Waals surface area contributed by atoms with Crippen molar-refractivity contribution in [3.05, 3.63) is 28.9 Å². The van der Waals surface area contributed by atoms with Gasteiger partial charge in [0.15, 0.2) is 0 Å². The van der Waals surface area contributed by atoms with E-state index in [0.29, 0.717) is 5.15 Å². The number of rotatable bonds is 0. The van der Waals surface area contributed by atoms with Crippen LogP contribution in [0.15, 0.2) is 6.07 Å². The quantitative estimate of drug-likeness (QED) is 0.478. The first-order chi connectivity index (χ1) is 5.68. The fraction of sp³-hybridized carbons (Fsp3) is 0.222. The van der Waals surface area contributed by atoms with Crippen LogP contribution in [-0.4, -0.2) is 9.78 Å². The molecule has 0 aliphatic rings. The maximum atomic E-state index is 5.96. The molecular formula is C9H7ClN2RbRe-. The van der Waals surface area contributed by atoms with Crippen LogP contribution in [0.25, 0.3) is 10.9 Å². The van der Waals surface area contributed by atoms with E-state index in [2.05, 4.69) is 17.2 Å². The molecule has 0 amide bonds. The number of hydrogen-bond donors (Lipinski definition) is 0. The average molecular weight is 450 g/mol. The molecule has 0 spiro atoms. The van der Waals surface area contributed by atoms with Gasteiger partial charge < -0.3 is 4.68 Å². The van der Waals surface area contributed by atoms with Crippen LogP contribution in [-0.2, 0) is 27.5 Å². The minimum atomic E-state index is 0. The molecule has 0 saturated heterocycles. The summed E-state index contributed by atoms with van der Waals surface area (Å²) < 4.78 is 1.62. The predicted octanol–water partition coefficient (Wildman–Crippen LogP) is -0.863. The zero-order valence-electron chi connectivity index (χ0n) is 8.23. The summed E-state index contributed by atoms with van der Waals surface area (Å²) in [6, 6.07) is 8.02. The van der Waals surface area contributed by atoms with Crippen molar-refractivity contribution in [3.63, 3.8) is 0 Å². The monoisotopic (exact) mass is 450 g/mol. The van der Waals surface area contributed by atoms with Crippen LogP contribution in [0.1, 0.15) is 5.56 Å². The molecule has 2 nitrogen and oxygen atoms in total. The van der Waals surface area contributed by atoms with Gasteiger partial charge in [-0.05, 0) is 5.15 Å². The Labute approximate surface area is 151 Å². The SMILES string of the molecule is Cc1[c-]c2c(Cl)n(C)nc2[c-]c1.[Rb+].[Re]. The molecule has 1 aromatic heterocycles. The molecule has 1 radical (unpaired) electrons. The van der Waals surface area contributed by atoms with E-state index in [1.54, 1.807) is 11.7 Å². The second-order valence-corrected chi connectivity index (χ2v) is 3.09. The summed E-state index contributed by atoms with van der Waals surface area (Å²) in [5.41, 5.74) is 1.80. The summed E-state index contributed by atoms with van der Waals surface area (Å²) in [6.45, 7) is 1.96. The van der Waals surface area contributed by atoms with E-state index in [1.807, 2.05) is 13.0 Å². The van der Waals surface area contributed by atoms with Crippen LogP contribution in [0.2, 0.25) is 5.15 Å². The Morgan fingerprint density at radius 2 is 2.14 bits per heavy atom. The van der Waals surface area contributed by atoms with Crippen molar-refractivity contribution in [2.45, 2.75) is 6.92 Å². The van der Waals surface area contributed by atoms with Crippen molar-refractivity contribution in [2.24, 2.45) is 7.05 Å². The van der Waals surface area contributed by atoms with Crippen LogP contribution in [0.4, 0.5) is 0 Å². The first kappa shape index (κ1) is 15.4. The second kappa shape index (κ2) is 6.25. The van der Waals surface area contributed by atoms with E-state index in [1.165, 1.54) is 0 Å². The molecule has 0 aliphatic heterocycles. The molecule has 0 unspecified atom stereocenters. The Morgan fingerprint density at radius 1 is 1.50 bits per heavy atom. The van der Waals surface area contributed by atoms with Gasteiger partial charge in [-0.25, -0.2) is 10.9 Å². The molecule has 5 heteroatoms. The van der Waals surface area contributed by atoms with Crippen LogP contribution in [0.3, 0.4) is 0 Å². The first-order valence-electron chi connectivity index (χ1n) is 3.61. The molecule has 0 fully saturated rings. The summed E-state index contributed by atoms with van der Waals surface area (Å²) in [5.74, 6) is 0. The van der Waals surface area contributed by atoms with E-state index in [4.69, 9.17) is 11.6 Å². The third-order valence-electron chi connectivity index (χ3n) is 1.72. The minimum Gasteiger partial charge on any atom is -0.320 e. The van der Waals surface area contributed by atoms with E-state index in [-0.39, 0.29) is 78.6 Å². The predicted molar refractivity (Wildman–Crippen MR) is 48.1 cm³/mol. The zero-order chi connectivity index (χ0) is 8.72. The second-order valence-electron chi connectivity index (χ2n) is 2.73. The fourth-order valence-electron chi connectivity index (χ4n) is 1.13. The molecule has 0 N–H and O–H groups in total. The maximum Gasteiger partial charge on any atom is 1.00 e. The first-order valence-corrected chi connectivity index (χ1v) is 3.99. The van der Waals surface area contributed by atoms with Crippen molar-refractivity contribution >= 4 is 22.5 Å². The van der Waals surface area contributed by atoms with Crippen LogP contribution >= 0.6 is 11.6 Å². The summed E-state index contributed by atoms with van der Waals surface area (Å²) in [7, 11) is 1.80. The van der Waals surface area contributed by atoms with Crippen molar-refractivity contribution in [3.8, 4) is 0 Å². The zero-order valence-corrected chi connectivity index (χ0v) is 16.6. The number of halogens is 1. The van der Waals surface area contributed by atoms with E-state index in [0.717, 1.165) is 16.5 Å². The van der Waals surface area contributed by atoms with Gasteiger partial charge >= 0.3 is 58.2 Å². The summed E-state index contributed by atoms with van der Waals surface area (Å²) in [6.07, 6.45) is 0. The maximum absolute atomic E-state index is 5.96. The number of hydrogen-bond acceptors (Lipinski definition) is 1. The van der Waals surface area contributed by atoms with Gasteiger partial charge in [0, 0.05) is 27.5 Å². The fourth-order valence-corrected chi connectivity index (χ4v) is 1.30. The average Bonchev–Trinajstić information content (AvgIpc) is 2.31. The van der Waals surface area contributed by atoms with E-state index in [9.17, 15) is 0 Å². The third kappa shape index (κ3) is 2.98. The van der Waals surface area contributed by atoms with Gasteiger partial charge in [-0.2, -0.15) is 0 Å². The molecule has 1 heterocycles. The van der Waals surface area contributed by atoms with Crippen LogP contribution in [0.5, 0.6) is 0 Å². The third-order valence-corrected chi connectivity index (χ3v) is 2.16. The van der Waals surface area contributed by atoms with E-state index < -0.39 is 0 Å². The molecule has 1 aromatic carbocycles. The molecule has 69 valence electrons.